The molecule has 2 N–H and O–H groups in total. The second-order valence-electron chi connectivity index (χ2n) is 4.04. The van der Waals surface area contributed by atoms with Crippen molar-refractivity contribution in [2.24, 2.45) is 5.92 Å². The maximum absolute atomic E-state index is 12.1. The van der Waals surface area contributed by atoms with Crippen molar-refractivity contribution < 1.29 is 4.79 Å². The quantitative estimate of drug-likeness (QED) is 0.808. The van der Waals surface area contributed by atoms with Crippen LogP contribution in [0.25, 0.3) is 0 Å². The van der Waals surface area contributed by atoms with Gasteiger partial charge in [0.15, 0.2) is 0 Å². The molecule has 3 nitrogen and oxygen atoms in total. The zero-order valence-electron chi connectivity index (χ0n) is 8.98. The molecular weight excluding hydrogens is 220 g/mol. The summed E-state index contributed by atoms with van der Waals surface area (Å²) in [5.41, 5.74) is 6.28. The van der Waals surface area contributed by atoms with Crippen molar-refractivity contribution in [3.63, 3.8) is 0 Å². The SMILES string of the molecule is C#CCN(CC1CC1)C(=O)c1sccc1N. The first-order valence-electron chi connectivity index (χ1n) is 5.28. The van der Waals surface area contributed by atoms with Crippen LogP contribution in [0.15, 0.2) is 11.4 Å². The highest BCUT2D eigenvalue weighted by Gasteiger charge is 2.27. The van der Waals surface area contributed by atoms with Gasteiger partial charge in [-0.15, -0.1) is 17.8 Å². The Balaban J connectivity index is 2.10. The third-order valence-electron chi connectivity index (χ3n) is 2.63. The predicted molar refractivity (Wildman–Crippen MR) is 66.2 cm³/mol. The summed E-state index contributed by atoms with van der Waals surface area (Å²) in [6.45, 7) is 1.13. The number of carbonyl (C=O) groups is 1. The van der Waals surface area contributed by atoms with Crippen LogP contribution in [-0.4, -0.2) is 23.9 Å². The fourth-order valence-electron chi connectivity index (χ4n) is 1.58. The summed E-state index contributed by atoms with van der Waals surface area (Å²) in [6.07, 6.45) is 7.69. The molecule has 0 saturated heterocycles. The van der Waals surface area contributed by atoms with E-state index in [1.165, 1.54) is 24.2 Å². The highest BCUT2D eigenvalue weighted by Crippen LogP contribution is 2.31. The Bertz CT molecular complexity index is 428. The number of amides is 1. The van der Waals surface area contributed by atoms with Crippen molar-refractivity contribution in [2.75, 3.05) is 18.8 Å². The van der Waals surface area contributed by atoms with E-state index in [0.29, 0.717) is 23.0 Å². The minimum absolute atomic E-state index is 0.0302. The Morgan fingerprint density at radius 3 is 2.94 bits per heavy atom. The monoisotopic (exact) mass is 234 g/mol. The lowest BCUT2D eigenvalue weighted by atomic mass is 10.3. The molecule has 1 aromatic rings. The molecule has 0 radical (unpaired) electrons. The topological polar surface area (TPSA) is 46.3 Å². The first-order valence-corrected chi connectivity index (χ1v) is 6.16. The zero-order chi connectivity index (χ0) is 11.5. The van der Waals surface area contributed by atoms with Crippen LogP contribution in [0.2, 0.25) is 0 Å². The van der Waals surface area contributed by atoms with Gasteiger partial charge in [-0.25, -0.2) is 0 Å². The Morgan fingerprint density at radius 1 is 1.69 bits per heavy atom. The van der Waals surface area contributed by atoms with E-state index in [9.17, 15) is 4.79 Å². The fourth-order valence-corrected chi connectivity index (χ4v) is 2.36. The van der Waals surface area contributed by atoms with Crippen LogP contribution >= 0.6 is 11.3 Å². The summed E-state index contributed by atoms with van der Waals surface area (Å²) in [5, 5.41) is 1.83. The Hall–Kier alpha value is -1.47. The fraction of sp³-hybridized carbons (Fsp3) is 0.417. The first kappa shape index (κ1) is 11.0. The maximum Gasteiger partial charge on any atom is 0.266 e. The van der Waals surface area contributed by atoms with Gasteiger partial charge in [-0.1, -0.05) is 5.92 Å². The molecule has 0 aliphatic heterocycles. The molecule has 0 aromatic carbocycles. The van der Waals surface area contributed by atoms with E-state index in [-0.39, 0.29) is 5.91 Å². The Labute approximate surface area is 99.2 Å². The number of hydrogen-bond acceptors (Lipinski definition) is 3. The second-order valence-corrected chi connectivity index (χ2v) is 4.95. The summed E-state index contributed by atoms with van der Waals surface area (Å²) < 4.78 is 0. The van der Waals surface area contributed by atoms with Crippen LogP contribution in [0.3, 0.4) is 0 Å². The predicted octanol–water partition coefficient (Wildman–Crippen LogP) is 1.82. The maximum atomic E-state index is 12.1. The molecular formula is C12H14N2OS. The van der Waals surface area contributed by atoms with Crippen LogP contribution in [0.5, 0.6) is 0 Å². The molecule has 1 aliphatic carbocycles. The minimum Gasteiger partial charge on any atom is -0.397 e. The van der Waals surface area contributed by atoms with Crippen molar-refractivity contribution in [3.8, 4) is 12.3 Å². The van der Waals surface area contributed by atoms with Gasteiger partial charge in [0.05, 0.1) is 12.2 Å². The highest BCUT2D eigenvalue weighted by atomic mass is 32.1. The molecule has 0 atom stereocenters. The third-order valence-corrected chi connectivity index (χ3v) is 3.55. The molecule has 0 unspecified atom stereocenters. The van der Waals surface area contributed by atoms with E-state index in [1.807, 2.05) is 5.38 Å². The molecule has 2 rings (SSSR count). The average molecular weight is 234 g/mol. The number of terminal acetylenes is 1. The smallest absolute Gasteiger partial charge is 0.266 e. The number of nitrogen functional groups attached to an aromatic ring is 1. The Morgan fingerprint density at radius 2 is 2.44 bits per heavy atom. The molecule has 4 heteroatoms. The van der Waals surface area contributed by atoms with Gasteiger partial charge in [-0.2, -0.15) is 0 Å². The number of carbonyl (C=O) groups excluding carboxylic acids is 1. The third kappa shape index (κ3) is 2.37. The van der Waals surface area contributed by atoms with Gasteiger partial charge < -0.3 is 10.6 Å². The van der Waals surface area contributed by atoms with E-state index in [0.717, 1.165) is 6.54 Å². The largest absolute Gasteiger partial charge is 0.397 e. The zero-order valence-corrected chi connectivity index (χ0v) is 9.80. The molecule has 1 aromatic heterocycles. The molecule has 1 amide bonds. The lowest BCUT2D eigenvalue weighted by Crippen LogP contribution is -2.33. The van der Waals surface area contributed by atoms with Crippen molar-refractivity contribution in [1.82, 2.24) is 4.90 Å². The molecule has 1 aliphatic rings. The number of rotatable bonds is 4. The second kappa shape index (κ2) is 4.58. The summed E-state index contributed by atoms with van der Waals surface area (Å²) in [5.74, 6) is 3.14. The van der Waals surface area contributed by atoms with E-state index >= 15 is 0 Å². The van der Waals surface area contributed by atoms with Gasteiger partial charge in [-0.05, 0) is 30.2 Å². The van der Waals surface area contributed by atoms with Crippen LogP contribution in [0.4, 0.5) is 5.69 Å². The summed E-state index contributed by atoms with van der Waals surface area (Å²) in [6, 6.07) is 1.75. The summed E-state index contributed by atoms with van der Waals surface area (Å²) >= 11 is 1.37. The van der Waals surface area contributed by atoms with Gasteiger partial charge >= 0.3 is 0 Å². The number of anilines is 1. The molecule has 84 valence electrons. The van der Waals surface area contributed by atoms with E-state index in [1.54, 1.807) is 11.0 Å². The van der Waals surface area contributed by atoms with E-state index < -0.39 is 0 Å². The van der Waals surface area contributed by atoms with E-state index in [4.69, 9.17) is 12.2 Å². The highest BCUT2D eigenvalue weighted by molar-refractivity contribution is 7.12. The van der Waals surface area contributed by atoms with Gasteiger partial charge in [0.2, 0.25) is 0 Å². The number of hydrogen-bond donors (Lipinski definition) is 1. The van der Waals surface area contributed by atoms with Crippen molar-refractivity contribution in [1.29, 1.82) is 0 Å². The lowest BCUT2D eigenvalue weighted by molar-refractivity contribution is 0.0775. The first-order chi connectivity index (χ1) is 7.72. The van der Waals surface area contributed by atoms with E-state index in [2.05, 4.69) is 5.92 Å². The molecule has 1 heterocycles. The summed E-state index contributed by atoms with van der Waals surface area (Å²) in [7, 11) is 0. The molecule has 1 saturated carbocycles. The lowest BCUT2D eigenvalue weighted by Gasteiger charge is -2.19. The molecule has 1 fully saturated rings. The van der Waals surface area contributed by atoms with Crippen LogP contribution in [0.1, 0.15) is 22.5 Å². The number of thiophene rings is 1. The van der Waals surface area contributed by atoms with Gasteiger partial charge in [0.1, 0.15) is 4.88 Å². The Kier molecular flexibility index (Phi) is 3.16. The van der Waals surface area contributed by atoms with Gasteiger partial charge in [0.25, 0.3) is 5.91 Å². The normalized spacial score (nSPS) is 14.4. The van der Waals surface area contributed by atoms with Gasteiger partial charge in [-0.3, -0.25) is 4.79 Å². The molecule has 0 bridgehead atoms. The number of nitrogens with zero attached hydrogens (tertiary/aromatic N) is 1. The minimum atomic E-state index is -0.0302. The van der Waals surface area contributed by atoms with Crippen molar-refractivity contribution in [3.05, 3.63) is 16.3 Å². The molecule has 0 spiro atoms. The van der Waals surface area contributed by atoms with Crippen LogP contribution in [0, 0.1) is 18.3 Å². The number of nitrogens with two attached hydrogens (primary N) is 1. The van der Waals surface area contributed by atoms with Crippen LogP contribution < -0.4 is 5.73 Å². The molecule has 16 heavy (non-hydrogen) atoms. The average Bonchev–Trinajstić information content (AvgIpc) is 2.98. The van der Waals surface area contributed by atoms with Crippen LogP contribution in [-0.2, 0) is 0 Å². The standard InChI is InChI=1S/C12H14N2OS/c1-2-6-14(8-9-3-4-9)12(15)11-10(13)5-7-16-11/h1,5,7,9H,3-4,6,8,13H2. The summed E-state index contributed by atoms with van der Waals surface area (Å²) in [4.78, 5) is 14.5. The van der Waals surface area contributed by atoms with Crippen molar-refractivity contribution in [2.45, 2.75) is 12.8 Å². The van der Waals surface area contributed by atoms with Gasteiger partial charge in [0, 0.05) is 6.54 Å². The van der Waals surface area contributed by atoms with Crippen molar-refractivity contribution >= 4 is 22.9 Å².